The van der Waals surface area contributed by atoms with Gasteiger partial charge in [-0.05, 0) is 18.3 Å². The molecule has 6 heteroatoms. The molecule has 0 spiro atoms. The summed E-state index contributed by atoms with van der Waals surface area (Å²) in [6.45, 7) is 11.3. The summed E-state index contributed by atoms with van der Waals surface area (Å²) in [7, 11) is 0. The summed E-state index contributed by atoms with van der Waals surface area (Å²) in [4.78, 5) is 36.8. The van der Waals surface area contributed by atoms with Gasteiger partial charge in [-0.3, -0.25) is 9.59 Å². The number of hydrogen-bond acceptors (Lipinski definition) is 6. The molecule has 0 aliphatic heterocycles. The molecule has 0 aromatic heterocycles. The van der Waals surface area contributed by atoms with Gasteiger partial charge in [-0.15, -0.1) is 0 Å². The van der Waals surface area contributed by atoms with E-state index in [0.29, 0.717) is 18.8 Å². The Morgan fingerprint density at radius 3 is 2.16 bits per heavy atom. The van der Waals surface area contributed by atoms with Crippen LogP contribution in [0.3, 0.4) is 0 Å². The molecule has 0 saturated carbocycles. The van der Waals surface area contributed by atoms with Gasteiger partial charge >= 0.3 is 6.16 Å². The minimum Gasteiger partial charge on any atom is -0.507 e. The quantitative estimate of drug-likeness (QED) is 0.526. The van der Waals surface area contributed by atoms with Gasteiger partial charge in [-0.25, -0.2) is 4.79 Å². The van der Waals surface area contributed by atoms with E-state index in [4.69, 9.17) is 9.47 Å². The fourth-order valence-electron chi connectivity index (χ4n) is 2.62. The highest BCUT2D eigenvalue weighted by atomic mass is 16.7. The number of carbonyl (C=O) groups is 3. The minimum absolute atomic E-state index is 0.136. The van der Waals surface area contributed by atoms with Gasteiger partial charge in [0.15, 0.2) is 17.7 Å². The maximum absolute atomic E-state index is 12.7. The predicted octanol–water partition coefficient (Wildman–Crippen LogP) is 3.84. The molecule has 0 aromatic rings. The van der Waals surface area contributed by atoms with Crippen LogP contribution in [0.2, 0.25) is 0 Å². The summed E-state index contributed by atoms with van der Waals surface area (Å²) in [5.41, 5.74) is -0.231. The molecule has 0 heterocycles. The monoisotopic (exact) mass is 354 g/mol. The lowest BCUT2D eigenvalue weighted by Gasteiger charge is -2.20. The molecule has 6 nitrogen and oxygen atoms in total. The number of carbonyl (C=O) groups excluding carboxylic acids is 3. The van der Waals surface area contributed by atoms with Gasteiger partial charge in [0.05, 0.1) is 12.5 Å². The van der Waals surface area contributed by atoms with Crippen molar-refractivity contribution >= 4 is 17.7 Å². The fourth-order valence-corrected chi connectivity index (χ4v) is 2.62. The molecule has 142 valence electrons. The number of Topliss-reactive ketones (excluding diaryl/α,β-unsaturated/α-hetero) is 2. The molecule has 2 atom stereocenters. The van der Waals surface area contributed by atoms with Crippen LogP contribution in [0.15, 0.2) is 11.3 Å². The van der Waals surface area contributed by atoms with E-state index in [1.54, 1.807) is 13.8 Å². The van der Waals surface area contributed by atoms with Crippen molar-refractivity contribution in [2.75, 3.05) is 6.61 Å². The maximum Gasteiger partial charge on any atom is 0.509 e. The second-order valence-electron chi connectivity index (χ2n) is 7.71. The van der Waals surface area contributed by atoms with Crippen LogP contribution >= 0.6 is 0 Å². The van der Waals surface area contributed by atoms with E-state index in [2.05, 4.69) is 0 Å². The molecule has 0 aromatic carbocycles. The normalized spacial score (nSPS) is 20.8. The summed E-state index contributed by atoms with van der Waals surface area (Å²) in [5, 5.41) is 10.4. The predicted molar refractivity (Wildman–Crippen MR) is 93.1 cm³/mol. The molecule has 1 N–H and O–H groups in total. The Balaban J connectivity index is 3.01. The zero-order valence-corrected chi connectivity index (χ0v) is 16.0. The average molecular weight is 354 g/mol. The standard InChI is InChI=1S/C19H30O6/c1-10(2)7-8-13-16(21)14(15(20)12(5)6)17(22)18(13)25-19(23)24-9-11(3)4/h10-13,18,22H,7-9H2,1-6H3. The molecule has 25 heavy (non-hydrogen) atoms. The van der Waals surface area contributed by atoms with Crippen molar-refractivity contribution in [1.29, 1.82) is 0 Å². The van der Waals surface area contributed by atoms with E-state index in [1.165, 1.54) is 0 Å². The Kier molecular flexibility index (Phi) is 7.64. The van der Waals surface area contributed by atoms with Crippen molar-refractivity contribution in [3.63, 3.8) is 0 Å². The Bertz CT molecular complexity index is 544. The first kappa shape index (κ1) is 21.2. The average Bonchev–Trinajstić information content (AvgIpc) is 2.73. The zero-order chi connectivity index (χ0) is 19.3. The van der Waals surface area contributed by atoms with Crippen LogP contribution in [-0.2, 0) is 19.1 Å². The second kappa shape index (κ2) is 9.02. The largest absolute Gasteiger partial charge is 0.509 e. The highest BCUT2D eigenvalue weighted by molar-refractivity contribution is 6.23. The SMILES string of the molecule is CC(C)CCC1C(=O)C(C(=O)C(C)C)=C(O)C1OC(=O)OCC(C)C. The van der Waals surface area contributed by atoms with Crippen LogP contribution in [-0.4, -0.2) is 35.5 Å². The highest BCUT2D eigenvalue weighted by Crippen LogP contribution is 2.35. The van der Waals surface area contributed by atoms with Gasteiger partial charge in [0.1, 0.15) is 11.3 Å². The molecule has 1 rings (SSSR count). The lowest BCUT2D eigenvalue weighted by atomic mass is 9.90. The van der Waals surface area contributed by atoms with E-state index in [9.17, 15) is 19.5 Å². The molecule has 0 fully saturated rings. The molecule has 1 aliphatic rings. The topological polar surface area (TPSA) is 89.9 Å². The van der Waals surface area contributed by atoms with Crippen LogP contribution in [0.5, 0.6) is 0 Å². The lowest BCUT2D eigenvalue weighted by molar-refractivity contribution is -0.125. The van der Waals surface area contributed by atoms with Gasteiger partial charge in [0.2, 0.25) is 0 Å². The number of ether oxygens (including phenoxy) is 2. The number of hydrogen-bond donors (Lipinski definition) is 1. The van der Waals surface area contributed by atoms with Crippen LogP contribution in [0.25, 0.3) is 0 Å². The molecule has 0 amide bonds. The lowest BCUT2D eigenvalue weighted by Crippen LogP contribution is -2.30. The van der Waals surface area contributed by atoms with Crippen molar-refractivity contribution in [3.05, 3.63) is 11.3 Å². The summed E-state index contributed by atoms with van der Waals surface area (Å²) >= 11 is 0. The summed E-state index contributed by atoms with van der Waals surface area (Å²) in [6, 6.07) is 0. The van der Waals surface area contributed by atoms with E-state index in [-0.39, 0.29) is 18.1 Å². The first-order chi connectivity index (χ1) is 11.6. The number of rotatable bonds is 8. The Morgan fingerprint density at radius 2 is 1.68 bits per heavy atom. The summed E-state index contributed by atoms with van der Waals surface area (Å²) in [6.07, 6.45) is -0.944. The Labute approximate surface area is 149 Å². The third-order valence-corrected chi connectivity index (χ3v) is 4.06. The van der Waals surface area contributed by atoms with Crippen molar-refractivity contribution in [3.8, 4) is 0 Å². The van der Waals surface area contributed by atoms with E-state index in [1.807, 2.05) is 27.7 Å². The van der Waals surface area contributed by atoms with Gasteiger partial charge in [-0.1, -0.05) is 48.0 Å². The number of ketones is 2. The third kappa shape index (κ3) is 5.58. The van der Waals surface area contributed by atoms with Crippen molar-refractivity contribution in [2.45, 2.75) is 60.5 Å². The van der Waals surface area contributed by atoms with Crippen LogP contribution in [0.4, 0.5) is 4.79 Å². The van der Waals surface area contributed by atoms with Crippen molar-refractivity contribution < 1.29 is 29.0 Å². The Hall–Kier alpha value is -1.85. The van der Waals surface area contributed by atoms with Gasteiger partial charge in [-0.2, -0.15) is 0 Å². The molecular formula is C19H30O6. The van der Waals surface area contributed by atoms with Crippen LogP contribution in [0.1, 0.15) is 54.4 Å². The number of aliphatic hydroxyl groups is 1. The molecule has 2 unspecified atom stereocenters. The Morgan fingerprint density at radius 1 is 1.08 bits per heavy atom. The molecule has 0 bridgehead atoms. The van der Waals surface area contributed by atoms with Gasteiger partial charge < -0.3 is 14.6 Å². The second-order valence-corrected chi connectivity index (χ2v) is 7.71. The highest BCUT2D eigenvalue weighted by Gasteiger charge is 2.47. The van der Waals surface area contributed by atoms with E-state index >= 15 is 0 Å². The minimum atomic E-state index is -1.15. The van der Waals surface area contributed by atoms with E-state index in [0.717, 1.165) is 0 Å². The van der Waals surface area contributed by atoms with Crippen molar-refractivity contribution in [1.82, 2.24) is 0 Å². The van der Waals surface area contributed by atoms with Crippen molar-refractivity contribution in [2.24, 2.45) is 23.7 Å². The summed E-state index contributed by atoms with van der Waals surface area (Å²) < 4.78 is 10.2. The van der Waals surface area contributed by atoms with Gasteiger partial charge in [0, 0.05) is 5.92 Å². The first-order valence-electron chi connectivity index (χ1n) is 8.91. The third-order valence-electron chi connectivity index (χ3n) is 4.06. The molecule has 1 aliphatic carbocycles. The van der Waals surface area contributed by atoms with E-state index < -0.39 is 41.4 Å². The maximum atomic E-state index is 12.7. The first-order valence-corrected chi connectivity index (χ1v) is 8.91. The number of aliphatic hydroxyl groups excluding tert-OH is 1. The molecular weight excluding hydrogens is 324 g/mol. The van der Waals surface area contributed by atoms with Crippen LogP contribution < -0.4 is 0 Å². The van der Waals surface area contributed by atoms with Gasteiger partial charge in [0.25, 0.3) is 0 Å². The fraction of sp³-hybridized carbons (Fsp3) is 0.737. The molecule has 0 saturated heterocycles. The summed E-state index contributed by atoms with van der Waals surface area (Å²) in [5.74, 6) is -2.02. The molecule has 0 radical (unpaired) electrons. The number of allylic oxidation sites excluding steroid dienone is 1. The van der Waals surface area contributed by atoms with Crippen LogP contribution in [0, 0.1) is 23.7 Å². The smallest absolute Gasteiger partial charge is 0.507 e. The zero-order valence-electron chi connectivity index (χ0n) is 16.0.